The lowest BCUT2D eigenvalue weighted by atomic mass is 10.0. The molecule has 0 unspecified atom stereocenters. The second-order valence-electron chi connectivity index (χ2n) is 3.45. The van der Waals surface area contributed by atoms with Crippen LogP contribution >= 0.6 is 0 Å². The summed E-state index contributed by atoms with van der Waals surface area (Å²) in [7, 11) is 3.32. The zero-order valence-electron chi connectivity index (χ0n) is 10.2. The summed E-state index contributed by atoms with van der Waals surface area (Å²) in [5, 5.41) is 0. The minimum absolute atomic E-state index is 0.279. The first-order valence-corrected chi connectivity index (χ1v) is 5.46. The molecule has 0 bridgehead atoms. The molecule has 0 aliphatic heterocycles. The minimum atomic E-state index is 0.279. The molecule has 1 aromatic rings. The first-order valence-electron chi connectivity index (χ1n) is 5.46. The first kappa shape index (κ1) is 13.0. The molecule has 0 N–H and O–H groups in total. The highest BCUT2D eigenvalue weighted by Crippen LogP contribution is 2.23. The van der Waals surface area contributed by atoms with Crippen molar-refractivity contribution < 1.29 is 14.2 Å². The van der Waals surface area contributed by atoms with E-state index in [1.165, 1.54) is 5.56 Å². The average molecular weight is 223 g/mol. The fraction of sp³-hybridized carbons (Fsp3) is 0.538. The summed E-state index contributed by atoms with van der Waals surface area (Å²) in [6.45, 7) is 3.09. The molecule has 3 heteroatoms. The molecule has 0 saturated heterocycles. The number of methoxy groups -OCH3 is 2. The van der Waals surface area contributed by atoms with E-state index in [1.807, 2.05) is 12.1 Å². The van der Waals surface area contributed by atoms with Crippen LogP contribution in [0.25, 0.3) is 0 Å². The van der Waals surface area contributed by atoms with Crippen molar-refractivity contribution in [3.8, 4) is 5.75 Å². The van der Waals surface area contributed by atoms with E-state index in [-0.39, 0.29) is 6.79 Å². The predicted molar refractivity (Wildman–Crippen MR) is 62.7 cm³/mol. The molecule has 1 radical (unpaired) electrons. The number of hydrogen-bond acceptors (Lipinski definition) is 3. The van der Waals surface area contributed by atoms with Gasteiger partial charge in [0.2, 0.25) is 0 Å². The Kier molecular flexibility index (Phi) is 5.90. The van der Waals surface area contributed by atoms with Crippen molar-refractivity contribution >= 4 is 0 Å². The number of benzene rings is 1. The smallest absolute Gasteiger partial charge is 0.188 e. The van der Waals surface area contributed by atoms with E-state index < -0.39 is 0 Å². The van der Waals surface area contributed by atoms with Gasteiger partial charge < -0.3 is 14.2 Å². The maximum Gasteiger partial charge on any atom is 0.188 e. The SMILES string of the molecule is CCc1c(CCOC)[c]ccc1OCOC. The Morgan fingerprint density at radius 2 is 2.06 bits per heavy atom. The van der Waals surface area contributed by atoms with Crippen molar-refractivity contribution in [3.05, 3.63) is 29.3 Å². The fourth-order valence-electron chi connectivity index (χ4n) is 1.63. The summed E-state index contributed by atoms with van der Waals surface area (Å²) in [6, 6.07) is 7.05. The Bertz CT molecular complexity index is 284. The molecule has 16 heavy (non-hydrogen) atoms. The Labute approximate surface area is 97.3 Å². The number of rotatable bonds is 7. The van der Waals surface area contributed by atoms with Gasteiger partial charge in [-0.25, -0.2) is 0 Å². The average Bonchev–Trinajstić information content (AvgIpc) is 2.33. The van der Waals surface area contributed by atoms with E-state index in [2.05, 4.69) is 13.0 Å². The molecule has 1 aromatic carbocycles. The van der Waals surface area contributed by atoms with Gasteiger partial charge in [-0.05, 0) is 36.1 Å². The Hall–Kier alpha value is -1.06. The van der Waals surface area contributed by atoms with E-state index in [0.717, 1.165) is 24.2 Å². The van der Waals surface area contributed by atoms with Gasteiger partial charge in [0.05, 0.1) is 6.61 Å². The summed E-state index contributed by atoms with van der Waals surface area (Å²) in [4.78, 5) is 0. The van der Waals surface area contributed by atoms with E-state index in [9.17, 15) is 0 Å². The van der Waals surface area contributed by atoms with E-state index in [0.29, 0.717) is 6.61 Å². The Morgan fingerprint density at radius 1 is 1.25 bits per heavy atom. The van der Waals surface area contributed by atoms with Crippen molar-refractivity contribution in [1.82, 2.24) is 0 Å². The molecule has 0 aliphatic rings. The molecule has 0 saturated carbocycles. The minimum Gasteiger partial charge on any atom is -0.467 e. The van der Waals surface area contributed by atoms with Crippen molar-refractivity contribution in [2.45, 2.75) is 19.8 Å². The van der Waals surface area contributed by atoms with Gasteiger partial charge in [0.25, 0.3) is 0 Å². The van der Waals surface area contributed by atoms with E-state index in [1.54, 1.807) is 14.2 Å². The van der Waals surface area contributed by atoms with Crippen molar-refractivity contribution in [3.63, 3.8) is 0 Å². The summed E-state index contributed by atoms with van der Waals surface area (Å²) in [5.74, 6) is 0.884. The standard InChI is InChI=1S/C13H19O3/c1-4-12-11(8-9-14-2)6-5-7-13(12)16-10-15-3/h5,7H,4,8-10H2,1-3H3. The zero-order chi connectivity index (χ0) is 11.8. The molecule has 0 fully saturated rings. The van der Waals surface area contributed by atoms with Gasteiger partial charge in [0, 0.05) is 14.2 Å². The summed E-state index contributed by atoms with van der Waals surface area (Å²) in [5.41, 5.74) is 2.36. The molecule has 89 valence electrons. The monoisotopic (exact) mass is 223 g/mol. The number of ether oxygens (including phenoxy) is 3. The normalized spacial score (nSPS) is 10.4. The Morgan fingerprint density at radius 3 is 2.69 bits per heavy atom. The summed E-state index contributed by atoms with van der Waals surface area (Å²) in [6.07, 6.45) is 1.79. The maximum atomic E-state index is 5.51. The van der Waals surface area contributed by atoms with Crippen LogP contribution in [0.1, 0.15) is 18.1 Å². The highest BCUT2D eigenvalue weighted by atomic mass is 16.7. The fourth-order valence-corrected chi connectivity index (χ4v) is 1.63. The summed E-state index contributed by atoms with van der Waals surface area (Å²) >= 11 is 0. The Balaban J connectivity index is 2.82. The van der Waals surface area contributed by atoms with Crippen molar-refractivity contribution in [2.75, 3.05) is 27.6 Å². The third-order valence-corrected chi connectivity index (χ3v) is 2.40. The van der Waals surface area contributed by atoms with Crippen LogP contribution in [-0.4, -0.2) is 27.6 Å². The van der Waals surface area contributed by atoms with Crippen molar-refractivity contribution in [1.29, 1.82) is 0 Å². The first-order chi connectivity index (χ1) is 7.83. The molecule has 0 aromatic heterocycles. The second kappa shape index (κ2) is 7.25. The molecule has 0 spiro atoms. The van der Waals surface area contributed by atoms with Crippen LogP contribution in [0, 0.1) is 6.07 Å². The highest BCUT2D eigenvalue weighted by molar-refractivity contribution is 5.39. The molecule has 0 atom stereocenters. The van der Waals surface area contributed by atoms with Gasteiger partial charge in [0.15, 0.2) is 6.79 Å². The lowest BCUT2D eigenvalue weighted by Crippen LogP contribution is -2.05. The van der Waals surface area contributed by atoms with Crippen molar-refractivity contribution in [2.24, 2.45) is 0 Å². The van der Waals surface area contributed by atoms with Gasteiger partial charge in [0.1, 0.15) is 5.75 Å². The maximum absolute atomic E-state index is 5.51. The topological polar surface area (TPSA) is 27.7 Å². The lowest BCUT2D eigenvalue weighted by molar-refractivity contribution is 0.0504. The predicted octanol–water partition coefficient (Wildman–Crippen LogP) is 2.22. The molecular weight excluding hydrogens is 204 g/mol. The van der Waals surface area contributed by atoms with Crippen LogP contribution in [0.4, 0.5) is 0 Å². The second-order valence-corrected chi connectivity index (χ2v) is 3.45. The lowest BCUT2D eigenvalue weighted by Gasteiger charge is -2.13. The molecule has 0 amide bonds. The van der Waals surface area contributed by atoms with Gasteiger partial charge in [-0.3, -0.25) is 0 Å². The number of hydrogen-bond donors (Lipinski definition) is 0. The van der Waals surface area contributed by atoms with Crippen LogP contribution in [-0.2, 0) is 22.3 Å². The van der Waals surface area contributed by atoms with Crippen LogP contribution in [0.2, 0.25) is 0 Å². The van der Waals surface area contributed by atoms with Crippen LogP contribution in [0.15, 0.2) is 12.1 Å². The largest absolute Gasteiger partial charge is 0.467 e. The van der Waals surface area contributed by atoms with Gasteiger partial charge in [-0.1, -0.05) is 13.0 Å². The third kappa shape index (κ3) is 3.51. The van der Waals surface area contributed by atoms with E-state index in [4.69, 9.17) is 14.2 Å². The quantitative estimate of drug-likeness (QED) is 0.663. The van der Waals surface area contributed by atoms with E-state index >= 15 is 0 Å². The van der Waals surface area contributed by atoms with Crippen LogP contribution in [0.3, 0.4) is 0 Å². The third-order valence-electron chi connectivity index (χ3n) is 2.40. The van der Waals surface area contributed by atoms with Crippen LogP contribution in [0.5, 0.6) is 5.75 Å². The molecule has 0 aliphatic carbocycles. The zero-order valence-corrected chi connectivity index (χ0v) is 10.2. The van der Waals surface area contributed by atoms with Crippen LogP contribution < -0.4 is 4.74 Å². The molecule has 1 rings (SSSR count). The molecule has 0 heterocycles. The van der Waals surface area contributed by atoms with Gasteiger partial charge in [-0.2, -0.15) is 0 Å². The molecule has 3 nitrogen and oxygen atoms in total. The van der Waals surface area contributed by atoms with Gasteiger partial charge >= 0.3 is 0 Å². The summed E-state index contributed by atoms with van der Waals surface area (Å²) < 4.78 is 15.5. The van der Waals surface area contributed by atoms with Gasteiger partial charge in [-0.15, -0.1) is 0 Å². The highest BCUT2D eigenvalue weighted by Gasteiger charge is 2.07. The molecular formula is C13H19O3.